The quantitative estimate of drug-likeness (QED) is 0.634. The van der Waals surface area contributed by atoms with Gasteiger partial charge in [-0.15, -0.1) is 0 Å². The Bertz CT molecular complexity index is 487. The van der Waals surface area contributed by atoms with Gasteiger partial charge in [0, 0.05) is 0 Å². The van der Waals surface area contributed by atoms with Crippen molar-refractivity contribution in [2.45, 2.75) is 18.8 Å². The molecule has 1 aromatic rings. The SMILES string of the molecule is CNCCCOc1ccccc1C(F)(F)F.O=C(O)C(F)(F)F. The number of hydrogen-bond donors (Lipinski definition) is 2. The minimum absolute atomic E-state index is 0.105. The van der Waals surface area contributed by atoms with E-state index in [0.717, 1.165) is 6.07 Å². The summed E-state index contributed by atoms with van der Waals surface area (Å²) in [6.07, 6.45) is -8.78. The number of carboxylic acids is 1. The summed E-state index contributed by atoms with van der Waals surface area (Å²) >= 11 is 0. The molecule has 0 radical (unpaired) electrons. The van der Waals surface area contributed by atoms with Gasteiger partial charge in [-0.05, 0) is 32.1 Å². The molecule has 10 heteroatoms. The van der Waals surface area contributed by atoms with Gasteiger partial charge in [0.05, 0.1) is 12.2 Å². The molecule has 0 atom stereocenters. The van der Waals surface area contributed by atoms with E-state index in [9.17, 15) is 26.3 Å². The molecule has 0 aromatic heterocycles. The number of benzene rings is 1. The Balaban J connectivity index is 0.000000585. The number of hydrogen-bond acceptors (Lipinski definition) is 3. The average molecular weight is 347 g/mol. The van der Waals surface area contributed by atoms with Crippen LogP contribution in [-0.2, 0) is 11.0 Å². The molecule has 0 unspecified atom stereocenters. The molecule has 1 rings (SSSR count). The van der Waals surface area contributed by atoms with Gasteiger partial charge in [-0.3, -0.25) is 0 Å². The van der Waals surface area contributed by atoms with Crippen molar-refractivity contribution in [3.05, 3.63) is 29.8 Å². The van der Waals surface area contributed by atoms with Gasteiger partial charge >= 0.3 is 18.3 Å². The number of halogens is 6. The largest absolute Gasteiger partial charge is 0.493 e. The Hall–Kier alpha value is -1.97. The highest BCUT2D eigenvalue weighted by Crippen LogP contribution is 2.35. The van der Waals surface area contributed by atoms with E-state index >= 15 is 0 Å². The van der Waals surface area contributed by atoms with Gasteiger partial charge in [0.25, 0.3) is 0 Å². The zero-order valence-corrected chi connectivity index (χ0v) is 12.0. The Morgan fingerprint density at radius 1 is 1.17 bits per heavy atom. The van der Waals surface area contributed by atoms with Crippen LogP contribution in [0.1, 0.15) is 12.0 Å². The molecule has 0 amide bonds. The zero-order chi connectivity index (χ0) is 18.1. The van der Waals surface area contributed by atoms with Crippen LogP contribution in [0.25, 0.3) is 0 Å². The van der Waals surface area contributed by atoms with Crippen molar-refractivity contribution < 1.29 is 41.0 Å². The molecular weight excluding hydrogens is 332 g/mol. The number of carbonyl (C=O) groups is 1. The van der Waals surface area contributed by atoms with Crippen LogP contribution in [-0.4, -0.2) is 37.5 Å². The second-order valence-electron chi connectivity index (χ2n) is 4.10. The van der Waals surface area contributed by atoms with Gasteiger partial charge < -0.3 is 15.2 Å². The van der Waals surface area contributed by atoms with Crippen molar-refractivity contribution in [2.75, 3.05) is 20.2 Å². The molecule has 0 spiro atoms. The first-order valence-electron chi connectivity index (χ1n) is 6.24. The van der Waals surface area contributed by atoms with Crippen LogP contribution in [0.3, 0.4) is 0 Å². The highest BCUT2D eigenvalue weighted by molar-refractivity contribution is 5.73. The van der Waals surface area contributed by atoms with Crippen LogP contribution in [0.5, 0.6) is 5.75 Å². The molecule has 0 heterocycles. The van der Waals surface area contributed by atoms with Crippen molar-refractivity contribution in [3.8, 4) is 5.75 Å². The normalized spacial score (nSPS) is 11.4. The van der Waals surface area contributed by atoms with E-state index in [4.69, 9.17) is 14.6 Å². The lowest BCUT2D eigenvalue weighted by molar-refractivity contribution is -0.192. The van der Waals surface area contributed by atoms with Crippen LogP contribution in [0.4, 0.5) is 26.3 Å². The number of rotatable bonds is 5. The maximum Gasteiger partial charge on any atom is 0.490 e. The van der Waals surface area contributed by atoms with Gasteiger partial charge in [0.15, 0.2) is 0 Å². The molecule has 2 N–H and O–H groups in total. The lowest BCUT2D eigenvalue weighted by Crippen LogP contribution is -2.21. The van der Waals surface area contributed by atoms with Gasteiger partial charge in [-0.1, -0.05) is 12.1 Å². The van der Waals surface area contributed by atoms with E-state index in [2.05, 4.69) is 5.32 Å². The van der Waals surface area contributed by atoms with Crippen molar-refractivity contribution in [3.63, 3.8) is 0 Å². The topological polar surface area (TPSA) is 58.6 Å². The van der Waals surface area contributed by atoms with E-state index in [-0.39, 0.29) is 12.4 Å². The first kappa shape index (κ1) is 21.0. The first-order chi connectivity index (χ1) is 10.5. The third kappa shape index (κ3) is 8.91. The Morgan fingerprint density at radius 3 is 2.13 bits per heavy atom. The summed E-state index contributed by atoms with van der Waals surface area (Å²) in [5.41, 5.74) is -0.723. The summed E-state index contributed by atoms with van der Waals surface area (Å²) in [4.78, 5) is 8.90. The highest BCUT2D eigenvalue weighted by atomic mass is 19.4. The number of nitrogens with one attached hydrogen (secondary N) is 1. The number of aliphatic carboxylic acids is 1. The zero-order valence-electron chi connectivity index (χ0n) is 12.0. The van der Waals surface area contributed by atoms with E-state index in [1.54, 1.807) is 7.05 Å². The number of ether oxygens (including phenoxy) is 1. The summed E-state index contributed by atoms with van der Waals surface area (Å²) in [6, 6.07) is 5.24. The Labute approximate surface area is 128 Å². The van der Waals surface area contributed by atoms with Crippen LogP contribution in [0, 0.1) is 0 Å². The van der Waals surface area contributed by atoms with Crippen LogP contribution < -0.4 is 10.1 Å². The molecule has 23 heavy (non-hydrogen) atoms. The summed E-state index contributed by atoms with van der Waals surface area (Å²) in [6.45, 7) is 0.988. The van der Waals surface area contributed by atoms with Gasteiger partial charge in [0.1, 0.15) is 5.75 Å². The third-order valence-electron chi connectivity index (χ3n) is 2.26. The Kier molecular flexibility index (Phi) is 8.44. The lowest BCUT2D eigenvalue weighted by atomic mass is 10.2. The fraction of sp³-hybridized carbons (Fsp3) is 0.462. The van der Waals surface area contributed by atoms with E-state index in [0.29, 0.717) is 13.0 Å². The maximum absolute atomic E-state index is 12.5. The third-order valence-corrected chi connectivity index (χ3v) is 2.26. The molecule has 0 fully saturated rings. The minimum atomic E-state index is -5.08. The average Bonchev–Trinajstić information content (AvgIpc) is 2.42. The molecule has 0 aliphatic rings. The smallest absolute Gasteiger partial charge is 0.490 e. The first-order valence-corrected chi connectivity index (χ1v) is 6.24. The van der Waals surface area contributed by atoms with Crippen LogP contribution in [0.2, 0.25) is 0 Å². The molecule has 0 bridgehead atoms. The van der Waals surface area contributed by atoms with Crippen molar-refractivity contribution in [2.24, 2.45) is 0 Å². The fourth-order valence-electron chi connectivity index (χ4n) is 1.26. The van der Waals surface area contributed by atoms with Crippen molar-refractivity contribution in [1.29, 1.82) is 0 Å². The summed E-state index contributed by atoms with van der Waals surface area (Å²) in [5, 5.41) is 10.0. The highest BCUT2D eigenvalue weighted by Gasteiger charge is 2.38. The second kappa shape index (κ2) is 9.23. The molecule has 1 aromatic carbocycles. The number of alkyl halides is 6. The monoisotopic (exact) mass is 347 g/mol. The molecule has 132 valence electrons. The number of carboxylic acid groups (broad SMARTS) is 1. The van der Waals surface area contributed by atoms with Crippen LogP contribution >= 0.6 is 0 Å². The standard InChI is InChI=1S/C11H14F3NO.C2HF3O2/c1-15-7-4-8-16-10-6-3-2-5-9(10)11(12,13)14;3-2(4,5)1(6)7/h2-3,5-6,15H,4,7-8H2,1H3;(H,6,7). The van der Waals surface area contributed by atoms with E-state index < -0.39 is 23.9 Å². The number of para-hydroxylation sites is 1. The van der Waals surface area contributed by atoms with Crippen LogP contribution in [0.15, 0.2) is 24.3 Å². The van der Waals surface area contributed by atoms with Gasteiger partial charge in [-0.2, -0.15) is 26.3 Å². The van der Waals surface area contributed by atoms with Gasteiger partial charge in [-0.25, -0.2) is 4.79 Å². The second-order valence-corrected chi connectivity index (χ2v) is 4.10. The van der Waals surface area contributed by atoms with Crippen molar-refractivity contribution >= 4 is 5.97 Å². The van der Waals surface area contributed by atoms with Gasteiger partial charge in [0.2, 0.25) is 0 Å². The van der Waals surface area contributed by atoms with E-state index in [1.165, 1.54) is 18.2 Å². The fourth-order valence-corrected chi connectivity index (χ4v) is 1.26. The summed E-state index contributed by atoms with van der Waals surface area (Å²) in [5.74, 6) is -2.86. The minimum Gasteiger partial charge on any atom is -0.493 e. The molecule has 0 saturated heterocycles. The molecule has 0 saturated carbocycles. The maximum atomic E-state index is 12.5. The lowest BCUT2D eigenvalue weighted by Gasteiger charge is -2.13. The Morgan fingerprint density at radius 2 is 1.70 bits per heavy atom. The van der Waals surface area contributed by atoms with Crippen molar-refractivity contribution in [1.82, 2.24) is 5.32 Å². The summed E-state index contributed by atoms with van der Waals surface area (Å²) in [7, 11) is 1.78. The molecular formula is C13H15F6NO3. The predicted octanol–water partition coefficient (Wildman–Crippen LogP) is 3.33. The summed E-state index contributed by atoms with van der Waals surface area (Å²) < 4.78 is 74.4. The molecule has 0 aliphatic carbocycles. The van der Waals surface area contributed by atoms with E-state index in [1.807, 2.05) is 0 Å². The predicted molar refractivity (Wildman–Crippen MR) is 69.2 cm³/mol. The molecule has 4 nitrogen and oxygen atoms in total. The molecule has 0 aliphatic heterocycles.